The standard InChI is InChI=1S/C11H10BrN3O4/c1-13-6-10(16)14(11(13)17)5-7-2-3-8(12)9(4-7)15(18)19/h2-4H,5-6H2,1H3. The zero-order valence-corrected chi connectivity index (χ0v) is 11.6. The minimum atomic E-state index is -0.521. The summed E-state index contributed by atoms with van der Waals surface area (Å²) in [6.45, 7) is 0.0770. The van der Waals surface area contributed by atoms with Gasteiger partial charge in [0.1, 0.15) is 6.54 Å². The van der Waals surface area contributed by atoms with E-state index in [-0.39, 0.29) is 24.7 Å². The van der Waals surface area contributed by atoms with E-state index in [1.807, 2.05) is 0 Å². The van der Waals surface area contributed by atoms with Crippen LogP contribution in [-0.4, -0.2) is 40.3 Å². The minimum absolute atomic E-state index is 0.0378. The van der Waals surface area contributed by atoms with Crippen molar-refractivity contribution in [3.8, 4) is 0 Å². The lowest BCUT2D eigenvalue weighted by atomic mass is 10.2. The second-order valence-electron chi connectivity index (χ2n) is 4.16. The molecule has 7 nitrogen and oxygen atoms in total. The monoisotopic (exact) mass is 327 g/mol. The molecule has 1 saturated heterocycles. The Balaban J connectivity index is 2.25. The highest BCUT2D eigenvalue weighted by Gasteiger charge is 2.33. The Morgan fingerprint density at radius 3 is 2.63 bits per heavy atom. The zero-order valence-electron chi connectivity index (χ0n) is 10.00. The van der Waals surface area contributed by atoms with Crippen LogP contribution in [0.2, 0.25) is 0 Å². The van der Waals surface area contributed by atoms with E-state index in [9.17, 15) is 19.7 Å². The van der Waals surface area contributed by atoms with Crippen LogP contribution < -0.4 is 0 Å². The number of nitrogens with zero attached hydrogens (tertiary/aromatic N) is 3. The first kappa shape index (κ1) is 13.5. The van der Waals surface area contributed by atoms with Crippen LogP contribution in [0.4, 0.5) is 10.5 Å². The number of hydrogen-bond donors (Lipinski definition) is 0. The van der Waals surface area contributed by atoms with Gasteiger partial charge in [0.2, 0.25) is 0 Å². The van der Waals surface area contributed by atoms with Crippen molar-refractivity contribution in [1.29, 1.82) is 0 Å². The van der Waals surface area contributed by atoms with E-state index in [0.717, 1.165) is 4.90 Å². The predicted octanol–water partition coefficient (Wildman–Crippen LogP) is 1.75. The second kappa shape index (κ2) is 4.96. The quantitative estimate of drug-likeness (QED) is 0.481. The van der Waals surface area contributed by atoms with Gasteiger partial charge >= 0.3 is 6.03 Å². The number of benzene rings is 1. The smallest absolute Gasteiger partial charge is 0.318 e. The number of imide groups is 1. The number of amides is 3. The number of rotatable bonds is 3. The third kappa shape index (κ3) is 2.58. The molecule has 1 aliphatic rings. The summed E-state index contributed by atoms with van der Waals surface area (Å²) in [6, 6.07) is 4.12. The molecule has 1 aromatic rings. The maximum absolute atomic E-state index is 11.7. The Morgan fingerprint density at radius 1 is 1.42 bits per heavy atom. The molecule has 0 aromatic heterocycles. The summed E-state index contributed by atoms with van der Waals surface area (Å²) in [6.07, 6.45) is 0. The molecule has 8 heteroatoms. The largest absolute Gasteiger partial charge is 0.327 e. The van der Waals surface area contributed by atoms with Gasteiger partial charge in [-0.3, -0.25) is 19.8 Å². The molecule has 19 heavy (non-hydrogen) atoms. The molecule has 0 unspecified atom stereocenters. The van der Waals surface area contributed by atoms with Gasteiger partial charge in [0.05, 0.1) is 15.9 Å². The number of carbonyl (C=O) groups is 2. The maximum atomic E-state index is 11.7. The number of urea groups is 1. The maximum Gasteiger partial charge on any atom is 0.327 e. The van der Waals surface area contributed by atoms with Crippen molar-refractivity contribution in [3.63, 3.8) is 0 Å². The average Bonchev–Trinajstić information content (AvgIpc) is 2.58. The van der Waals surface area contributed by atoms with Crippen molar-refractivity contribution in [2.75, 3.05) is 13.6 Å². The van der Waals surface area contributed by atoms with Crippen LogP contribution in [0.25, 0.3) is 0 Å². The molecule has 0 bridgehead atoms. The highest BCUT2D eigenvalue weighted by molar-refractivity contribution is 9.10. The molecule has 0 spiro atoms. The summed E-state index contributed by atoms with van der Waals surface area (Å²) in [5, 5.41) is 10.8. The van der Waals surface area contributed by atoms with Crippen molar-refractivity contribution < 1.29 is 14.5 Å². The summed E-state index contributed by atoms with van der Waals surface area (Å²) in [4.78, 5) is 36.0. The van der Waals surface area contributed by atoms with Crippen LogP contribution in [0.3, 0.4) is 0 Å². The lowest BCUT2D eigenvalue weighted by molar-refractivity contribution is -0.385. The Bertz CT molecular complexity index is 575. The van der Waals surface area contributed by atoms with Crippen LogP contribution >= 0.6 is 15.9 Å². The molecule has 0 aliphatic carbocycles. The van der Waals surface area contributed by atoms with Gasteiger partial charge in [-0.1, -0.05) is 6.07 Å². The highest BCUT2D eigenvalue weighted by Crippen LogP contribution is 2.26. The van der Waals surface area contributed by atoms with Gasteiger partial charge in [-0.25, -0.2) is 4.79 Å². The number of nitro benzene ring substituents is 1. The molecular formula is C11H10BrN3O4. The SMILES string of the molecule is CN1CC(=O)N(Cc2ccc(Br)c([N+](=O)[O-])c2)C1=O. The van der Waals surface area contributed by atoms with E-state index in [4.69, 9.17) is 0 Å². The predicted molar refractivity (Wildman–Crippen MR) is 69.4 cm³/mol. The molecule has 2 rings (SSSR count). The van der Waals surface area contributed by atoms with Crippen LogP contribution in [-0.2, 0) is 11.3 Å². The van der Waals surface area contributed by atoms with Crippen molar-refractivity contribution in [3.05, 3.63) is 38.3 Å². The number of likely N-dealkylation sites (N-methyl/N-ethyl adjacent to an activating group) is 1. The van der Waals surface area contributed by atoms with Crippen molar-refractivity contribution in [1.82, 2.24) is 9.80 Å². The van der Waals surface area contributed by atoms with E-state index in [1.54, 1.807) is 6.07 Å². The van der Waals surface area contributed by atoms with Crippen molar-refractivity contribution in [2.24, 2.45) is 0 Å². The minimum Gasteiger partial charge on any atom is -0.318 e. The molecule has 0 N–H and O–H groups in total. The Hall–Kier alpha value is -1.96. The summed E-state index contributed by atoms with van der Waals surface area (Å²) in [5.74, 6) is -0.307. The van der Waals surface area contributed by atoms with Crippen LogP contribution in [0.15, 0.2) is 22.7 Å². The van der Waals surface area contributed by atoms with Gasteiger partial charge in [0.15, 0.2) is 0 Å². The first-order valence-electron chi connectivity index (χ1n) is 5.38. The second-order valence-corrected chi connectivity index (χ2v) is 5.02. The van der Waals surface area contributed by atoms with E-state index >= 15 is 0 Å². The lowest BCUT2D eigenvalue weighted by Gasteiger charge is -2.14. The van der Waals surface area contributed by atoms with Crippen molar-refractivity contribution >= 4 is 33.6 Å². The molecule has 3 amide bonds. The molecule has 1 aromatic carbocycles. The number of nitro groups is 1. The molecule has 0 atom stereocenters. The topological polar surface area (TPSA) is 83.8 Å². The van der Waals surface area contributed by atoms with E-state index in [0.29, 0.717) is 10.0 Å². The summed E-state index contributed by atoms with van der Waals surface area (Å²) >= 11 is 3.08. The van der Waals surface area contributed by atoms with Gasteiger partial charge in [-0.2, -0.15) is 0 Å². The van der Waals surface area contributed by atoms with Crippen LogP contribution in [0.1, 0.15) is 5.56 Å². The summed E-state index contributed by atoms with van der Waals surface area (Å²) in [7, 11) is 1.53. The fraction of sp³-hybridized carbons (Fsp3) is 0.273. The van der Waals surface area contributed by atoms with Gasteiger partial charge in [-0.15, -0.1) is 0 Å². The molecule has 0 saturated carbocycles. The Kier molecular flexibility index (Phi) is 3.52. The van der Waals surface area contributed by atoms with Crippen molar-refractivity contribution in [2.45, 2.75) is 6.54 Å². The average molecular weight is 328 g/mol. The fourth-order valence-corrected chi connectivity index (χ4v) is 2.19. The third-order valence-corrected chi connectivity index (χ3v) is 3.45. The Morgan fingerprint density at radius 2 is 2.11 bits per heavy atom. The number of halogens is 1. The fourth-order valence-electron chi connectivity index (χ4n) is 1.80. The zero-order chi connectivity index (χ0) is 14.2. The molecule has 1 aliphatic heterocycles. The van der Waals surface area contributed by atoms with E-state index in [2.05, 4.69) is 15.9 Å². The van der Waals surface area contributed by atoms with E-state index < -0.39 is 11.0 Å². The normalized spacial score (nSPS) is 15.3. The highest BCUT2D eigenvalue weighted by atomic mass is 79.9. The first-order chi connectivity index (χ1) is 8.90. The summed E-state index contributed by atoms with van der Waals surface area (Å²) < 4.78 is 0.359. The van der Waals surface area contributed by atoms with Gasteiger partial charge in [0, 0.05) is 13.1 Å². The van der Waals surface area contributed by atoms with Gasteiger partial charge in [0.25, 0.3) is 11.6 Å². The molecule has 1 heterocycles. The molecule has 0 radical (unpaired) electrons. The molecular weight excluding hydrogens is 318 g/mol. The first-order valence-corrected chi connectivity index (χ1v) is 6.17. The number of hydrogen-bond acceptors (Lipinski definition) is 4. The number of carbonyl (C=O) groups excluding carboxylic acids is 2. The Labute approximate surface area is 117 Å². The summed E-state index contributed by atoms with van der Waals surface area (Å²) in [5.41, 5.74) is 0.442. The van der Waals surface area contributed by atoms with Crippen LogP contribution in [0.5, 0.6) is 0 Å². The molecule has 1 fully saturated rings. The van der Waals surface area contributed by atoms with Gasteiger partial charge < -0.3 is 4.90 Å². The molecule has 100 valence electrons. The third-order valence-electron chi connectivity index (χ3n) is 2.78. The van der Waals surface area contributed by atoms with Crippen LogP contribution in [0, 0.1) is 10.1 Å². The van der Waals surface area contributed by atoms with E-state index in [1.165, 1.54) is 24.1 Å². The van der Waals surface area contributed by atoms with Gasteiger partial charge in [-0.05, 0) is 27.6 Å². The lowest BCUT2D eigenvalue weighted by Crippen LogP contribution is -2.31.